The van der Waals surface area contributed by atoms with E-state index >= 15 is 0 Å². The SMILES string of the molecule is Cc1nc2ccc(C(=O)N3CCC(c4ccc(O)cc4)CC3)cc2nc1C. The molecule has 1 amide bonds. The van der Waals surface area contributed by atoms with Crippen molar-refractivity contribution in [3.8, 4) is 5.75 Å². The number of aryl methyl sites for hydroxylation is 2. The fourth-order valence-corrected chi connectivity index (χ4v) is 3.71. The van der Waals surface area contributed by atoms with E-state index in [2.05, 4.69) is 9.97 Å². The Morgan fingerprint density at radius 1 is 0.963 bits per heavy atom. The maximum Gasteiger partial charge on any atom is 0.253 e. The number of carbonyl (C=O) groups is 1. The van der Waals surface area contributed by atoms with Gasteiger partial charge in [-0.05, 0) is 68.5 Å². The van der Waals surface area contributed by atoms with Crippen LogP contribution in [0, 0.1) is 13.8 Å². The van der Waals surface area contributed by atoms with Gasteiger partial charge in [0.05, 0.1) is 22.4 Å². The number of nitrogens with zero attached hydrogens (tertiary/aromatic N) is 3. The van der Waals surface area contributed by atoms with E-state index in [9.17, 15) is 9.90 Å². The quantitative estimate of drug-likeness (QED) is 0.750. The number of amides is 1. The lowest BCUT2D eigenvalue weighted by Gasteiger charge is -2.32. The monoisotopic (exact) mass is 361 g/mol. The van der Waals surface area contributed by atoms with Gasteiger partial charge in [-0.2, -0.15) is 0 Å². The molecule has 0 saturated carbocycles. The minimum absolute atomic E-state index is 0.0566. The number of phenolic OH excluding ortho intramolecular Hbond substituents is 1. The summed E-state index contributed by atoms with van der Waals surface area (Å²) in [5.41, 5.74) is 5.29. The zero-order chi connectivity index (χ0) is 19.0. The van der Waals surface area contributed by atoms with Crippen LogP contribution in [0.1, 0.15) is 46.1 Å². The molecule has 1 aliphatic rings. The van der Waals surface area contributed by atoms with Gasteiger partial charge < -0.3 is 10.0 Å². The molecule has 5 heteroatoms. The van der Waals surface area contributed by atoms with Gasteiger partial charge in [0.2, 0.25) is 0 Å². The molecule has 4 rings (SSSR count). The van der Waals surface area contributed by atoms with E-state index in [4.69, 9.17) is 0 Å². The fraction of sp³-hybridized carbons (Fsp3) is 0.318. The van der Waals surface area contributed by atoms with Crippen LogP contribution in [0.4, 0.5) is 0 Å². The second-order valence-corrected chi connectivity index (χ2v) is 7.26. The first-order valence-electron chi connectivity index (χ1n) is 9.34. The standard InChI is InChI=1S/C22H23N3O2/c1-14-15(2)24-21-13-18(5-8-20(21)23-14)22(27)25-11-9-17(10-12-25)16-3-6-19(26)7-4-16/h3-8,13,17,26H,9-12H2,1-2H3. The number of carbonyl (C=O) groups excluding carboxylic acids is 1. The average Bonchev–Trinajstić information content (AvgIpc) is 2.69. The van der Waals surface area contributed by atoms with Crippen molar-refractivity contribution >= 4 is 16.9 Å². The first kappa shape index (κ1) is 17.5. The fourth-order valence-electron chi connectivity index (χ4n) is 3.71. The molecule has 5 nitrogen and oxygen atoms in total. The Morgan fingerprint density at radius 3 is 2.26 bits per heavy atom. The zero-order valence-electron chi connectivity index (χ0n) is 15.6. The Morgan fingerprint density at radius 2 is 1.59 bits per heavy atom. The van der Waals surface area contributed by atoms with Crippen molar-refractivity contribution in [3.05, 3.63) is 65.0 Å². The Balaban J connectivity index is 1.48. The van der Waals surface area contributed by atoms with E-state index in [0.717, 1.165) is 48.4 Å². The second-order valence-electron chi connectivity index (χ2n) is 7.26. The van der Waals surface area contributed by atoms with E-state index < -0.39 is 0 Å². The molecule has 27 heavy (non-hydrogen) atoms. The molecule has 0 unspecified atom stereocenters. The van der Waals surface area contributed by atoms with Crippen molar-refractivity contribution in [3.63, 3.8) is 0 Å². The van der Waals surface area contributed by atoms with E-state index in [-0.39, 0.29) is 11.7 Å². The number of benzene rings is 2. The van der Waals surface area contributed by atoms with Crippen LogP contribution in [-0.2, 0) is 0 Å². The first-order chi connectivity index (χ1) is 13.0. The second kappa shape index (κ2) is 6.99. The van der Waals surface area contributed by atoms with Crippen LogP contribution in [0.3, 0.4) is 0 Å². The van der Waals surface area contributed by atoms with E-state index in [1.165, 1.54) is 5.56 Å². The van der Waals surface area contributed by atoms with E-state index in [0.29, 0.717) is 11.5 Å². The van der Waals surface area contributed by atoms with Crippen LogP contribution in [0.5, 0.6) is 5.75 Å². The number of rotatable bonds is 2. The highest BCUT2D eigenvalue weighted by Gasteiger charge is 2.24. The van der Waals surface area contributed by atoms with Crippen LogP contribution in [0.2, 0.25) is 0 Å². The van der Waals surface area contributed by atoms with Gasteiger partial charge in [0, 0.05) is 18.7 Å². The number of hydrogen-bond acceptors (Lipinski definition) is 4. The predicted octanol–water partition coefficient (Wildman–Crippen LogP) is 3.97. The lowest BCUT2D eigenvalue weighted by atomic mass is 9.89. The number of piperidine rings is 1. The van der Waals surface area contributed by atoms with Gasteiger partial charge in [0.1, 0.15) is 5.75 Å². The van der Waals surface area contributed by atoms with Crippen molar-refractivity contribution in [2.45, 2.75) is 32.6 Å². The molecule has 0 atom stereocenters. The molecule has 0 aliphatic carbocycles. The largest absolute Gasteiger partial charge is 0.508 e. The Bertz CT molecular complexity index is 990. The van der Waals surface area contributed by atoms with Crippen LogP contribution < -0.4 is 0 Å². The summed E-state index contributed by atoms with van der Waals surface area (Å²) in [6.45, 7) is 5.35. The molecular formula is C22H23N3O2. The summed E-state index contributed by atoms with van der Waals surface area (Å²) >= 11 is 0. The Labute approximate surface area is 158 Å². The number of hydrogen-bond donors (Lipinski definition) is 1. The number of aromatic hydroxyl groups is 1. The summed E-state index contributed by atoms with van der Waals surface area (Å²) in [7, 11) is 0. The van der Waals surface area contributed by atoms with Crippen molar-refractivity contribution < 1.29 is 9.90 Å². The van der Waals surface area contributed by atoms with Gasteiger partial charge in [-0.1, -0.05) is 12.1 Å². The van der Waals surface area contributed by atoms with E-state index in [1.54, 1.807) is 12.1 Å². The molecule has 2 heterocycles. The van der Waals surface area contributed by atoms with Crippen LogP contribution in [0.25, 0.3) is 11.0 Å². The van der Waals surface area contributed by atoms with Gasteiger partial charge in [-0.25, -0.2) is 9.97 Å². The Hall–Kier alpha value is -2.95. The summed E-state index contributed by atoms with van der Waals surface area (Å²) in [6.07, 6.45) is 1.87. The first-order valence-corrected chi connectivity index (χ1v) is 9.34. The summed E-state index contributed by atoms with van der Waals surface area (Å²) in [5.74, 6) is 0.778. The highest BCUT2D eigenvalue weighted by molar-refractivity contribution is 5.97. The number of aromatic nitrogens is 2. The summed E-state index contributed by atoms with van der Waals surface area (Å²) in [4.78, 5) is 24.0. The van der Waals surface area contributed by atoms with Crippen molar-refractivity contribution in [1.82, 2.24) is 14.9 Å². The van der Waals surface area contributed by atoms with Crippen LogP contribution >= 0.6 is 0 Å². The molecule has 1 aromatic heterocycles. The number of likely N-dealkylation sites (tertiary alicyclic amines) is 1. The smallest absolute Gasteiger partial charge is 0.253 e. The van der Waals surface area contributed by atoms with Crippen LogP contribution in [-0.4, -0.2) is 39.0 Å². The molecule has 1 aliphatic heterocycles. The van der Waals surface area contributed by atoms with Gasteiger partial charge in [-0.15, -0.1) is 0 Å². The van der Waals surface area contributed by atoms with Crippen molar-refractivity contribution in [2.75, 3.05) is 13.1 Å². The minimum Gasteiger partial charge on any atom is -0.508 e. The van der Waals surface area contributed by atoms with Gasteiger partial charge in [0.25, 0.3) is 5.91 Å². The molecule has 3 aromatic rings. The molecule has 2 aromatic carbocycles. The third kappa shape index (κ3) is 3.50. The van der Waals surface area contributed by atoms with Gasteiger partial charge in [-0.3, -0.25) is 4.79 Å². The predicted molar refractivity (Wildman–Crippen MR) is 105 cm³/mol. The van der Waals surface area contributed by atoms with Crippen molar-refractivity contribution in [2.24, 2.45) is 0 Å². The highest BCUT2D eigenvalue weighted by Crippen LogP contribution is 2.29. The summed E-state index contributed by atoms with van der Waals surface area (Å²) in [5, 5.41) is 9.44. The van der Waals surface area contributed by atoms with E-state index in [1.807, 2.05) is 49.1 Å². The Kier molecular flexibility index (Phi) is 4.52. The van der Waals surface area contributed by atoms with Gasteiger partial charge in [0.15, 0.2) is 0 Å². The molecular weight excluding hydrogens is 338 g/mol. The minimum atomic E-state index is 0.0566. The normalized spacial score (nSPS) is 15.3. The number of fused-ring (bicyclic) bond motifs is 1. The van der Waals surface area contributed by atoms with Gasteiger partial charge >= 0.3 is 0 Å². The third-order valence-corrected chi connectivity index (χ3v) is 5.47. The summed E-state index contributed by atoms with van der Waals surface area (Å²) < 4.78 is 0. The van der Waals surface area contributed by atoms with Crippen LogP contribution in [0.15, 0.2) is 42.5 Å². The summed E-state index contributed by atoms with van der Waals surface area (Å²) in [6, 6.07) is 13.0. The molecule has 1 fully saturated rings. The molecule has 1 N–H and O–H groups in total. The lowest BCUT2D eigenvalue weighted by Crippen LogP contribution is -2.37. The molecule has 138 valence electrons. The molecule has 0 radical (unpaired) electrons. The maximum atomic E-state index is 12.9. The lowest BCUT2D eigenvalue weighted by molar-refractivity contribution is 0.0713. The molecule has 1 saturated heterocycles. The topological polar surface area (TPSA) is 66.3 Å². The van der Waals surface area contributed by atoms with Crippen molar-refractivity contribution in [1.29, 1.82) is 0 Å². The molecule has 0 spiro atoms. The maximum absolute atomic E-state index is 12.9. The highest BCUT2D eigenvalue weighted by atomic mass is 16.3. The average molecular weight is 361 g/mol. The molecule has 0 bridgehead atoms. The number of phenols is 1. The zero-order valence-corrected chi connectivity index (χ0v) is 15.6. The third-order valence-electron chi connectivity index (χ3n) is 5.47.